The Morgan fingerprint density at radius 2 is 2.00 bits per heavy atom. The first-order valence-corrected chi connectivity index (χ1v) is 10.5. The first-order valence-electron chi connectivity index (χ1n) is 10.5. The lowest BCUT2D eigenvalue weighted by Gasteiger charge is -2.47. The van der Waals surface area contributed by atoms with Crippen molar-refractivity contribution in [3.8, 4) is 11.8 Å². The van der Waals surface area contributed by atoms with Crippen LogP contribution < -0.4 is 4.74 Å². The van der Waals surface area contributed by atoms with Crippen molar-refractivity contribution in [1.29, 1.82) is 5.26 Å². The van der Waals surface area contributed by atoms with Crippen LogP contribution in [0.2, 0.25) is 0 Å². The Balaban J connectivity index is 1.30. The Morgan fingerprint density at radius 1 is 1.30 bits per heavy atom. The van der Waals surface area contributed by atoms with Crippen LogP contribution in [0.25, 0.3) is 0 Å². The van der Waals surface area contributed by atoms with Gasteiger partial charge < -0.3 is 24.4 Å². The van der Waals surface area contributed by atoms with Gasteiger partial charge in [0.25, 0.3) is 0 Å². The van der Waals surface area contributed by atoms with Crippen molar-refractivity contribution in [2.75, 3.05) is 46.4 Å². The number of piperidine rings is 2. The summed E-state index contributed by atoms with van der Waals surface area (Å²) in [6.07, 6.45) is 6.94. The number of aromatic nitrogens is 1. The number of nitriles is 1. The van der Waals surface area contributed by atoms with Crippen LogP contribution in [0.5, 0.6) is 5.75 Å². The maximum atomic E-state index is 11.3. The number of likely N-dealkylation sites (tertiary alicyclic amines) is 2. The third-order valence-electron chi connectivity index (χ3n) is 6.81. The molecule has 1 atom stereocenters. The van der Waals surface area contributed by atoms with Crippen molar-refractivity contribution < 1.29 is 19.4 Å². The zero-order chi connectivity index (χ0) is 21.1. The number of aliphatic hydroxyl groups excluding tert-OH is 1. The zero-order valence-corrected chi connectivity index (χ0v) is 17.3. The van der Waals surface area contributed by atoms with E-state index in [0.29, 0.717) is 29.9 Å². The summed E-state index contributed by atoms with van der Waals surface area (Å²) in [5, 5.41) is 19.7. The van der Waals surface area contributed by atoms with Gasteiger partial charge in [0.2, 0.25) is 0 Å². The molecular formula is C22H28N4O4. The quantitative estimate of drug-likeness (QED) is 0.729. The SMILES string of the molecule is COc1cc(C#N)ncc1C(O)CN1CCC2(CC1)CCN(C1=CC(=O)OC1)CC2. The van der Waals surface area contributed by atoms with E-state index in [1.807, 2.05) is 6.07 Å². The van der Waals surface area contributed by atoms with Gasteiger partial charge in [-0.1, -0.05) is 0 Å². The number of β-amino-alcohol motifs (C(OH)–C–C–N with tert-alkyl or cyclic N) is 1. The van der Waals surface area contributed by atoms with E-state index in [0.717, 1.165) is 57.6 Å². The van der Waals surface area contributed by atoms with Crippen molar-refractivity contribution in [3.63, 3.8) is 0 Å². The number of carbonyl (C=O) groups is 1. The summed E-state index contributed by atoms with van der Waals surface area (Å²) in [5.74, 6) is 0.268. The molecule has 0 amide bonds. The molecule has 4 heterocycles. The van der Waals surface area contributed by atoms with Crippen LogP contribution in [0.1, 0.15) is 43.0 Å². The van der Waals surface area contributed by atoms with Crippen molar-refractivity contribution >= 4 is 5.97 Å². The fourth-order valence-corrected chi connectivity index (χ4v) is 4.80. The molecule has 160 valence electrons. The van der Waals surface area contributed by atoms with E-state index in [-0.39, 0.29) is 11.7 Å². The maximum Gasteiger partial charge on any atom is 0.333 e. The molecule has 8 heteroatoms. The molecule has 1 N–H and O–H groups in total. The normalized spacial score (nSPS) is 22.4. The highest BCUT2D eigenvalue weighted by atomic mass is 16.5. The number of ether oxygens (including phenoxy) is 2. The van der Waals surface area contributed by atoms with Crippen molar-refractivity contribution in [1.82, 2.24) is 14.8 Å². The molecule has 2 saturated heterocycles. The minimum atomic E-state index is -0.706. The molecule has 4 rings (SSSR count). The number of esters is 1. The van der Waals surface area contributed by atoms with Gasteiger partial charge in [-0.05, 0) is 44.2 Å². The summed E-state index contributed by atoms with van der Waals surface area (Å²) >= 11 is 0. The monoisotopic (exact) mass is 412 g/mol. The van der Waals surface area contributed by atoms with E-state index in [1.54, 1.807) is 12.1 Å². The third-order valence-corrected chi connectivity index (χ3v) is 6.81. The summed E-state index contributed by atoms with van der Waals surface area (Å²) in [6.45, 7) is 4.78. The second-order valence-corrected chi connectivity index (χ2v) is 8.47. The van der Waals surface area contributed by atoms with E-state index >= 15 is 0 Å². The molecule has 0 bridgehead atoms. The molecular weight excluding hydrogens is 384 g/mol. The number of hydrogen-bond acceptors (Lipinski definition) is 8. The Labute approximate surface area is 176 Å². The van der Waals surface area contributed by atoms with E-state index in [1.165, 1.54) is 13.3 Å². The number of methoxy groups -OCH3 is 1. The fourth-order valence-electron chi connectivity index (χ4n) is 4.80. The second kappa shape index (κ2) is 8.62. The van der Waals surface area contributed by atoms with E-state index < -0.39 is 6.10 Å². The predicted octanol–water partition coefficient (Wildman–Crippen LogP) is 1.61. The van der Waals surface area contributed by atoms with Gasteiger partial charge in [0.1, 0.15) is 24.1 Å². The topological polar surface area (TPSA) is 98.9 Å². The standard InChI is InChI=1S/C22H28N4O4/c1-29-20-10-16(12-23)24-13-18(20)19(27)14-25-6-2-22(3-7-25)4-8-26(9-5-22)17-11-21(28)30-15-17/h10-11,13,19,27H,2-9,14-15H2,1H3. The minimum Gasteiger partial charge on any atom is -0.496 e. The van der Waals surface area contributed by atoms with E-state index in [4.69, 9.17) is 14.7 Å². The average molecular weight is 412 g/mol. The highest BCUT2D eigenvalue weighted by Gasteiger charge is 2.38. The largest absolute Gasteiger partial charge is 0.496 e. The fraction of sp³-hybridized carbons (Fsp3) is 0.591. The van der Waals surface area contributed by atoms with Gasteiger partial charge in [0.05, 0.1) is 18.9 Å². The summed E-state index contributed by atoms with van der Waals surface area (Å²) in [6, 6.07) is 3.56. The number of rotatable bonds is 5. The Kier molecular flexibility index (Phi) is 5.93. The molecule has 0 aliphatic carbocycles. The zero-order valence-electron chi connectivity index (χ0n) is 17.3. The van der Waals surface area contributed by atoms with Crippen LogP contribution in [0, 0.1) is 16.7 Å². The number of pyridine rings is 1. The molecule has 1 aromatic rings. The maximum absolute atomic E-state index is 11.3. The predicted molar refractivity (Wildman–Crippen MR) is 108 cm³/mol. The highest BCUT2D eigenvalue weighted by molar-refractivity contribution is 5.85. The molecule has 0 aromatic carbocycles. The third kappa shape index (κ3) is 4.27. The number of aliphatic hydroxyl groups is 1. The molecule has 1 unspecified atom stereocenters. The number of carbonyl (C=O) groups excluding carboxylic acids is 1. The average Bonchev–Trinajstić information content (AvgIpc) is 3.21. The van der Waals surface area contributed by atoms with E-state index in [9.17, 15) is 9.90 Å². The van der Waals surface area contributed by atoms with Crippen molar-refractivity contribution in [3.05, 3.63) is 35.3 Å². The molecule has 0 radical (unpaired) electrons. The van der Waals surface area contributed by atoms with Crippen molar-refractivity contribution in [2.45, 2.75) is 31.8 Å². The molecule has 3 aliphatic heterocycles. The number of cyclic esters (lactones) is 1. The van der Waals surface area contributed by atoms with Crippen LogP contribution in [0.3, 0.4) is 0 Å². The van der Waals surface area contributed by atoms with Gasteiger partial charge in [0, 0.05) is 43.5 Å². The van der Waals surface area contributed by atoms with Crippen LogP contribution >= 0.6 is 0 Å². The first-order chi connectivity index (χ1) is 14.5. The molecule has 1 aromatic heterocycles. The lowest BCUT2D eigenvalue weighted by atomic mass is 9.71. The summed E-state index contributed by atoms with van der Waals surface area (Å²) < 4.78 is 10.4. The lowest BCUT2D eigenvalue weighted by molar-refractivity contribution is -0.135. The molecule has 2 fully saturated rings. The Morgan fingerprint density at radius 3 is 2.60 bits per heavy atom. The second-order valence-electron chi connectivity index (χ2n) is 8.47. The van der Waals surface area contributed by atoms with Crippen LogP contribution in [-0.4, -0.2) is 72.3 Å². The first kappa shape index (κ1) is 20.6. The van der Waals surface area contributed by atoms with Gasteiger partial charge in [-0.2, -0.15) is 5.26 Å². The van der Waals surface area contributed by atoms with Gasteiger partial charge in [-0.15, -0.1) is 0 Å². The van der Waals surface area contributed by atoms with Crippen LogP contribution in [0.15, 0.2) is 24.0 Å². The number of hydrogen-bond donors (Lipinski definition) is 1. The highest BCUT2D eigenvalue weighted by Crippen LogP contribution is 2.42. The Bertz CT molecular complexity index is 860. The lowest BCUT2D eigenvalue weighted by Crippen LogP contribution is -2.47. The molecule has 8 nitrogen and oxygen atoms in total. The Hall–Kier alpha value is -2.63. The van der Waals surface area contributed by atoms with Gasteiger partial charge in [0.15, 0.2) is 0 Å². The van der Waals surface area contributed by atoms with E-state index in [2.05, 4.69) is 14.8 Å². The molecule has 3 aliphatic rings. The smallest absolute Gasteiger partial charge is 0.333 e. The van der Waals surface area contributed by atoms with Crippen molar-refractivity contribution in [2.24, 2.45) is 5.41 Å². The van der Waals surface area contributed by atoms with Gasteiger partial charge >= 0.3 is 5.97 Å². The number of nitrogens with zero attached hydrogens (tertiary/aromatic N) is 4. The molecule has 1 spiro atoms. The van der Waals surface area contributed by atoms with Gasteiger partial charge in [-0.3, -0.25) is 0 Å². The minimum absolute atomic E-state index is 0.230. The van der Waals surface area contributed by atoms with Gasteiger partial charge in [-0.25, -0.2) is 9.78 Å². The summed E-state index contributed by atoms with van der Waals surface area (Å²) in [5.41, 5.74) is 2.26. The summed E-state index contributed by atoms with van der Waals surface area (Å²) in [7, 11) is 1.54. The summed E-state index contributed by atoms with van der Waals surface area (Å²) in [4.78, 5) is 20.0. The van der Waals surface area contributed by atoms with Crippen LogP contribution in [-0.2, 0) is 9.53 Å². The van der Waals surface area contributed by atoms with Crippen LogP contribution in [0.4, 0.5) is 0 Å². The molecule has 30 heavy (non-hydrogen) atoms. The molecule has 0 saturated carbocycles.